The molecule has 2 heterocycles. The van der Waals surface area contributed by atoms with Crippen LogP contribution in [0.2, 0.25) is 0 Å². The lowest BCUT2D eigenvalue weighted by atomic mass is 9.86. The molecule has 1 spiro atoms. The van der Waals surface area contributed by atoms with Crippen LogP contribution in [-0.4, -0.2) is 32.1 Å². The Hall–Kier alpha value is -0.120. The zero-order valence-corrected chi connectivity index (χ0v) is 8.63. The van der Waals surface area contributed by atoms with Crippen LogP contribution in [-0.2, 0) is 9.47 Å². The lowest BCUT2D eigenvalue weighted by Crippen LogP contribution is -2.39. The molecule has 2 aliphatic heterocycles. The summed E-state index contributed by atoms with van der Waals surface area (Å²) in [6, 6.07) is 0. The molecule has 0 aromatic heterocycles. The Kier molecular flexibility index (Phi) is 2.26. The van der Waals surface area contributed by atoms with Crippen molar-refractivity contribution in [1.29, 1.82) is 0 Å². The van der Waals surface area contributed by atoms with Gasteiger partial charge < -0.3 is 14.8 Å². The molecule has 3 aliphatic rings. The molecule has 2 atom stereocenters. The van der Waals surface area contributed by atoms with E-state index in [9.17, 15) is 0 Å². The predicted molar refractivity (Wildman–Crippen MR) is 53.0 cm³/mol. The Morgan fingerprint density at radius 2 is 2.00 bits per heavy atom. The molecule has 2 unspecified atom stereocenters. The van der Waals surface area contributed by atoms with Crippen molar-refractivity contribution in [2.45, 2.75) is 31.5 Å². The van der Waals surface area contributed by atoms with Gasteiger partial charge in [-0.25, -0.2) is 0 Å². The fraction of sp³-hybridized carbons (Fsp3) is 1.00. The molecule has 14 heavy (non-hydrogen) atoms. The maximum absolute atomic E-state index is 5.88. The van der Waals surface area contributed by atoms with E-state index in [1.54, 1.807) is 0 Å². The van der Waals surface area contributed by atoms with Gasteiger partial charge in [0, 0.05) is 12.3 Å². The average molecular weight is 197 g/mol. The Bertz CT molecular complexity index is 202. The molecule has 1 aliphatic carbocycles. The van der Waals surface area contributed by atoms with Gasteiger partial charge in [0.15, 0.2) is 5.79 Å². The quantitative estimate of drug-likeness (QED) is 0.683. The van der Waals surface area contributed by atoms with E-state index < -0.39 is 0 Å². The van der Waals surface area contributed by atoms with E-state index >= 15 is 0 Å². The highest BCUT2D eigenvalue weighted by atomic mass is 16.7. The smallest absolute Gasteiger partial charge is 0.171 e. The summed E-state index contributed by atoms with van der Waals surface area (Å²) in [5.74, 6) is 1.27. The van der Waals surface area contributed by atoms with Gasteiger partial charge in [0.2, 0.25) is 0 Å². The van der Waals surface area contributed by atoms with Gasteiger partial charge in [0.25, 0.3) is 0 Å². The second kappa shape index (κ2) is 3.47. The average Bonchev–Trinajstić information content (AvgIpc) is 2.91. The van der Waals surface area contributed by atoms with Crippen molar-refractivity contribution < 1.29 is 9.47 Å². The van der Waals surface area contributed by atoms with Crippen molar-refractivity contribution in [1.82, 2.24) is 5.32 Å². The van der Waals surface area contributed by atoms with Crippen LogP contribution in [0.15, 0.2) is 0 Å². The molecule has 0 radical (unpaired) electrons. The third-order valence-corrected chi connectivity index (χ3v) is 4.05. The van der Waals surface area contributed by atoms with Gasteiger partial charge in [-0.3, -0.25) is 0 Å². The number of hydrogen-bond donors (Lipinski definition) is 1. The molecular weight excluding hydrogens is 178 g/mol. The monoisotopic (exact) mass is 197 g/mol. The molecule has 0 aromatic carbocycles. The third-order valence-electron chi connectivity index (χ3n) is 4.05. The summed E-state index contributed by atoms with van der Waals surface area (Å²) in [4.78, 5) is 0. The zero-order valence-electron chi connectivity index (χ0n) is 8.63. The van der Waals surface area contributed by atoms with Crippen LogP contribution in [0.25, 0.3) is 0 Å². The predicted octanol–water partition coefficient (Wildman–Crippen LogP) is 1.14. The highest BCUT2D eigenvalue weighted by Gasteiger charge is 2.51. The van der Waals surface area contributed by atoms with E-state index in [1.807, 2.05) is 0 Å². The van der Waals surface area contributed by atoms with Crippen LogP contribution in [0.4, 0.5) is 0 Å². The fourth-order valence-electron chi connectivity index (χ4n) is 3.42. The van der Waals surface area contributed by atoms with Crippen LogP contribution >= 0.6 is 0 Å². The first-order valence-electron chi connectivity index (χ1n) is 5.89. The standard InChI is InChI=1S/C11H19NO2/c1-2-10(9-3-5-12-8-9)11(4-1)13-6-7-14-11/h9-10,12H,1-8H2. The van der Waals surface area contributed by atoms with Crippen LogP contribution in [0.5, 0.6) is 0 Å². The summed E-state index contributed by atoms with van der Waals surface area (Å²) in [7, 11) is 0. The highest BCUT2D eigenvalue weighted by molar-refractivity contribution is 4.94. The summed E-state index contributed by atoms with van der Waals surface area (Å²) in [6.45, 7) is 3.95. The third kappa shape index (κ3) is 1.30. The second-order valence-electron chi connectivity index (χ2n) is 4.76. The second-order valence-corrected chi connectivity index (χ2v) is 4.76. The highest BCUT2D eigenvalue weighted by Crippen LogP contribution is 2.47. The van der Waals surface area contributed by atoms with Crippen molar-refractivity contribution in [3.63, 3.8) is 0 Å². The van der Waals surface area contributed by atoms with Crippen molar-refractivity contribution in [3.8, 4) is 0 Å². The van der Waals surface area contributed by atoms with Gasteiger partial charge in [-0.05, 0) is 38.3 Å². The van der Waals surface area contributed by atoms with Crippen LogP contribution in [0, 0.1) is 11.8 Å². The summed E-state index contributed by atoms with van der Waals surface area (Å²) in [6.07, 6.45) is 5.00. The Labute approximate surface area is 85.1 Å². The Morgan fingerprint density at radius 1 is 1.14 bits per heavy atom. The van der Waals surface area contributed by atoms with Gasteiger partial charge in [0.1, 0.15) is 0 Å². The number of rotatable bonds is 1. The van der Waals surface area contributed by atoms with E-state index in [1.165, 1.54) is 32.4 Å². The zero-order chi connectivity index (χ0) is 9.43. The Balaban J connectivity index is 1.76. The molecule has 3 fully saturated rings. The van der Waals surface area contributed by atoms with Crippen molar-refractivity contribution in [2.75, 3.05) is 26.3 Å². The van der Waals surface area contributed by atoms with E-state index in [0.717, 1.165) is 25.6 Å². The van der Waals surface area contributed by atoms with Crippen molar-refractivity contribution in [2.24, 2.45) is 11.8 Å². The topological polar surface area (TPSA) is 30.5 Å². The summed E-state index contributed by atoms with van der Waals surface area (Å²) in [5, 5.41) is 3.44. The fourth-order valence-corrected chi connectivity index (χ4v) is 3.42. The number of ether oxygens (including phenoxy) is 2. The first kappa shape index (κ1) is 9.13. The minimum absolute atomic E-state index is 0.170. The summed E-state index contributed by atoms with van der Waals surface area (Å²) in [5.41, 5.74) is 0. The van der Waals surface area contributed by atoms with E-state index in [0.29, 0.717) is 5.92 Å². The molecule has 0 bridgehead atoms. The lowest BCUT2D eigenvalue weighted by molar-refractivity contribution is -0.191. The van der Waals surface area contributed by atoms with Crippen LogP contribution in [0.1, 0.15) is 25.7 Å². The molecule has 0 amide bonds. The normalized spacial score (nSPS) is 41.1. The van der Waals surface area contributed by atoms with Crippen molar-refractivity contribution in [3.05, 3.63) is 0 Å². The molecular formula is C11H19NO2. The van der Waals surface area contributed by atoms with Crippen molar-refractivity contribution >= 4 is 0 Å². The van der Waals surface area contributed by atoms with Gasteiger partial charge in [-0.15, -0.1) is 0 Å². The first-order chi connectivity index (χ1) is 6.91. The summed E-state index contributed by atoms with van der Waals surface area (Å²) >= 11 is 0. The number of hydrogen-bond acceptors (Lipinski definition) is 3. The van der Waals surface area contributed by atoms with E-state index in [-0.39, 0.29) is 5.79 Å². The van der Waals surface area contributed by atoms with E-state index in [2.05, 4.69) is 5.32 Å². The largest absolute Gasteiger partial charge is 0.347 e. The minimum atomic E-state index is -0.170. The van der Waals surface area contributed by atoms with Crippen LogP contribution < -0.4 is 5.32 Å². The molecule has 0 aromatic rings. The maximum Gasteiger partial charge on any atom is 0.171 e. The summed E-state index contributed by atoms with van der Waals surface area (Å²) < 4.78 is 11.8. The van der Waals surface area contributed by atoms with Crippen LogP contribution in [0.3, 0.4) is 0 Å². The molecule has 2 saturated heterocycles. The maximum atomic E-state index is 5.88. The molecule has 1 N–H and O–H groups in total. The van der Waals surface area contributed by atoms with Gasteiger partial charge in [0.05, 0.1) is 13.2 Å². The van der Waals surface area contributed by atoms with Gasteiger partial charge in [-0.1, -0.05) is 0 Å². The SMILES string of the molecule is C1CC(C2CCNC2)C2(C1)OCCO2. The Morgan fingerprint density at radius 3 is 2.71 bits per heavy atom. The number of nitrogens with one attached hydrogen (secondary N) is 1. The minimum Gasteiger partial charge on any atom is -0.347 e. The lowest BCUT2D eigenvalue weighted by Gasteiger charge is -2.33. The molecule has 80 valence electrons. The van der Waals surface area contributed by atoms with Gasteiger partial charge in [-0.2, -0.15) is 0 Å². The first-order valence-corrected chi connectivity index (χ1v) is 5.89. The molecule has 3 rings (SSSR count). The van der Waals surface area contributed by atoms with Gasteiger partial charge >= 0.3 is 0 Å². The van der Waals surface area contributed by atoms with E-state index in [4.69, 9.17) is 9.47 Å². The molecule has 1 saturated carbocycles. The molecule has 3 heteroatoms. The molecule has 3 nitrogen and oxygen atoms in total.